The molecule has 4 heteroatoms. The Kier molecular flexibility index (Phi) is 4.86. The molecule has 0 saturated heterocycles. The molecule has 0 aliphatic heterocycles. The number of hydrogen-bond acceptors (Lipinski definition) is 3. The van der Waals surface area contributed by atoms with Gasteiger partial charge in [0, 0.05) is 17.3 Å². The van der Waals surface area contributed by atoms with E-state index >= 15 is 0 Å². The Bertz CT molecular complexity index is 587. The van der Waals surface area contributed by atoms with Crippen LogP contribution < -0.4 is 9.64 Å². The van der Waals surface area contributed by atoms with Gasteiger partial charge in [0.2, 0.25) is 0 Å². The third-order valence-electron chi connectivity index (χ3n) is 2.99. The molecular weight excluding hydrogens is 272 g/mol. The van der Waals surface area contributed by atoms with E-state index in [4.69, 9.17) is 21.6 Å². The number of halogens is 1. The molecular formula is C16H15ClN2O. The minimum Gasteiger partial charge on any atom is -0.497 e. The van der Waals surface area contributed by atoms with Crippen molar-refractivity contribution >= 4 is 17.3 Å². The molecule has 0 atom stereocenters. The maximum atomic E-state index is 8.98. The summed E-state index contributed by atoms with van der Waals surface area (Å²) in [7, 11) is 1.64. The van der Waals surface area contributed by atoms with Crippen LogP contribution in [0.2, 0.25) is 5.02 Å². The first-order chi connectivity index (χ1) is 9.72. The maximum Gasteiger partial charge on any atom is 0.118 e. The van der Waals surface area contributed by atoms with E-state index < -0.39 is 0 Å². The summed E-state index contributed by atoms with van der Waals surface area (Å²) in [5.74, 6) is 0.826. The number of nitriles is 1. The van der Waals surface area contributed by atoms with E-state index in [1.165, 1.54) is 0 Å². The van der Waals surface area contributed by atoms with Gasteiger partial charge in [-0.1, -0.05) is 23.7 Å². The van der Waals surface area contributed by atoms with Crippen LogP contribution in [0.25, 0.3) is 0 Å². The van der Waals surface area contributed by atoms with Crippen LogP contribution in [-0.2, 0) is 6.54 Å². The van der Waals surface area contributed by atoms with Crippen molar-refractivity contribution in [3.8, 4) is 11.8 Å². The molecule has 0 fully saturated rings. The van der Waals surface area contributed by atoms with E-state index in [0.29, 0.717) is 18.1 Å². The second-order valence-corrected chi connectivity index (χ2v) is 4.78. The summed E-state index contributed by atoms with van der Waals surface area (Å²) in [6, 6.07) is 17.5. The predicted molar refractivity (Wildman–Crippen MR) is 81.1 cm³/mol. The highest BCUT2D eigenvalue weighted by molar-refractivity contribution is 6.30. The number of methoxy groups -OCH3 is 1. The van der Waals surface area contributed by atoms with Crippen molar-refractivity contribution < 1.29 is 4.74 Å². The Balaban J connectivity index is 2.16. The van der Waals surface area contributed by atoms with Crippen molar-refractivity contribution in [2.75, 3.05) is 18.6 Å². The molecule has 0 aliphatic rings. The topological polar surface area (TPSA) is 36.3 Å². The summed E-state index contributed by atoms with van der Waals surface area (Å²) in [6.45, 7) is 0.993. The summed E-state index contributed by atoms with van der Waals surface area (Å²) in [6.07, 6.45) is 0. The first-order valence-corrected chi connectivity index (χ1v) is 6.61. The van der Waals surface area contributed by atoms with Crippen LogP contribution in [0.1, 0.15) is 5.56 Å². The van der Waals surface area contributed by atoms with Gasteiger partial charge in [-0.05, 0) is 42.0 Å². The summed E-state index contributed by atoms with van der Waals surface area (Å²) >= 11 is 5.89. The number of benzene rings is 2. The zero-order chi connectivity index (χ0) is 14.4. The van der Waals surface area contributed by atoms with Crippen LogP contribution >= 0.6 is 11.6 Å². The number of rotatable bonds is 5. The fourth-order valence-corrected chi connectivity index (χ4v) is 2.05. The number of nitrogens with zero attached hydrogens (tertiary/aromatic N) is 2. The van der Waals surface area contributed by atoms with Gasteiger partial charge in [0.15, 0.2) is 0 Å². The van der Waals surface area contributed by atoms with Crippen molar-refractivity contribution in [3.63, 3.8) is 0 Å². The molecule has 0 unspecified atom stereocenters. The lowest BCUT2D eigenvalue weighted by Gasteiger charge is -2.22. The second-order valence-electron chi connectivity index (χ2n) is 4.34. The average Bonchev–Trinajstić information content (AvgIpc) is 2.48. The van der Waals surface area contributed by atoms with Gasteiger partial charge in [-0.25, -0.2) is 0 Å². The molecule has 0 spiro atoms. The summed E-state index contributed by atoms with van der Waals surface area (Å²) in [4.78, 5) is 2.00. The third-order valence-corrected chi connectivity index (χ3v) is 3.24. The lowest BCUT2D eigenvalue weighted by Crippen LogP contribution is -2.22. The monoisotopic (exact) mass is 286 g/mol. The fourth-order valence-electron chi connectivity index (χ4n) is 1.93. The molecule has 0 aliphatic carbocycles. The highest BCUT2D eigenvalue weighted by Gasteiger charge is 2.07. The van der Waals surface area contributed by atoms with E-state index in [9.17, 15) is 0 Å². The van der Waals surface area contributed by atoms with Crippen LogP contribution in [-0.4, -0.2) is 13.7 Å². The molecule has 3 nitrogen and oxygen atoms in total. The average molecular weight is 287 g/mol. The minimum absolute atomic E-state index is 0.327. The Labute approximate surface area is 124 Å². The number of hydrogen-bond donors (Lipinski definition) is 0. The van der Waals surface area contributed by atoms with Crippen LogP contribution in [0.3, 0.4) is 0 Å². The van der Waals surface area contributed by atoms with E-state index in [1.54, 1.807) is 7.11 Å². The summed E-state index contributed by atoms with van der Waals surface area (Å²) in [5.41, 5.74) is 2.10. The maximum absolute atomic E-state index is 8.98. The fraction of sp³-hybridized carbons (Fsp3) is 0.188. The van der Waals surface area contributed by atoms with Gasteiger partial charge in [0.05, 0.1) is 13.2 Å². The Morgan fingerprint density at radius 1 is 1.10 bits per heavy atom. The van der Waals surface area contributed by atoms with Gasteiger partial charge in [0.25, 0.3) is 0 Å². The number of anilines is 1. The molecule has 2 aromatic carbocycles. The Hall–Kier alpha value is -2.18. The van der Waals surface area contributed by atoms with Gasteiger partial charge in [-0.2, -0.15) is 5.26 Å². The molecule has 0 saturated carbocycles. The molecule has 2 aromatic rings. The van der Waals surface area contributed by atoms with Gasteiger partial charge < -0.3 is 9.64 Å². The molecule has 0 amide bonds. The zero-order valence-electron chi connectivity index (χ0n) is 11.2. The van der Waals surface area contributed by atoms with E-state index in [-0.39, 0.29) is 0 Å². The standard InChI is InChI=1S/C16H15ClN2O/c1-20-16-8-2-13(3-9-16)12-19(11-10-18)15-6-4-14(17)5-7-15/h2-9H,11-12H2,1H3. The first kappa shape index (κ1) is 14.2. The first-order valence-electron chi connectivity index (χ1n) is 6.23. The minimum atomic E-state index is 0.327. The van der Waals surface area contributed by atoms with Gasteiger partial charge >= 0.3 is 0 Å². The van der Waals surface area contributed by atoms with Crippen molar-refractivity contribution in [2.24, 2.45) is 0 Å². The number of ether oxygens (including phenoxy) is 1. The van der Waals surface area contributed by atoms with Gasteiger partial charge in [0.1, 0.15) is 12.3 Å². The second kappa shape index (κ2) is 6.83. The van der Waals surface area contributed by atoms with Crippen molar-refractivity contribution in [2.45, 2.75) is 6.54 Å². The lowest BCUT2D eigenvalue weighted by molar-refractivity contribution is 0.414. The highest BCUT2D eigenvalue weighted by Crippen LogP contribution is 2.20. The predicted octanol–water partition coefficient (Wildman–Crippen LogP) is 3.88. The van der Waals surface area contributed by atoms with Crippen molar-refractivity contribution in [1.29, 1.82) is 5.26 Å². The lowest BCUT2D eigenvalue weighted by atomic mass is 10.2. The molecule has 0 bridgehead atoms. The van der Waals surface area contributed by atoms with Gasteiger partial charge in [-0.15, -0.1) is 0 Å². The smallest absolute Gasteiger partial charge is 0.118 e. The molecule has 2 rings (SSSR count). The SMILES string of the molecule is COc1ccc(CN(CC#N)c2ccc(Cl)cc2)cc1. The zero-order valence-corrected chi connectivity index (χ0v) is 12.0. The molecule has 0 N–H and O–H groups in total. The van der Waals surface area contributed by atoms with Crippen LogP contribution in [0, 0.1) is 11.3 Å². The van der Waals surface area contributed by atoms with Crippen molar-refractivity contribution in [3.05, 3.63) is 59.1 Å². The summed E-state index contributed by atoms with van der Waals surface area (Å²) < 4.78 is 5.14. The summed E-state index contributed by atoms with van der Waals surface area (Å²) in [5, 5.41) is 9.66. The third kappa shape index (κ3) is 3.66. The normalized spacial score (nSPS) is 9.85. The van der Waals surface area contributed by atoms with Gasteiger partial charge in [-0.3, -0.25) is 0 Å². The molecule has 0 aromatic heterocycles. The van der Waals surface area contributed by atoms with Crippen molar-refractivity contribution in [1.82, 2.24) is 0 Å². The quantitative estimate of drug-likeness (QED) is 0.783. The van der Waals surface area contributed by atoms with Crippen LogP contribution in [0.15, 0.2) is 48.5 Å². The van der Waals surface area contributed by atoms with E-state index in [0.717, 1.165) is 17.0 Å². The van der Waals surface area contributed by atoms with E-state index in [2.05, 4.69) is 6.07 Å². The van der Waals surface area contributed by atoms with E-state index in [1.807, 2.05) is 53.4 Å². The highest BCUT2D eigenvalue weighted by atomic mass is 35.5. The molecule has 0 radical (unpaired) electrons. The Morgan fingerprint density at radius 3 is 2.30 bits per heavy atom. The van der Waals surface area contributed by atoms with Crippen LogP contribution in [0.4, 0.5) is 5.69 Å². The largest absolute Gasteiger partial charge is 0.497 e. The Morgan fingerprint density at radius 2 is 1.75 bits per heavy atom. The van der Waals surface area contributed by atoms with Crippen LogP contribution in [0.5, 0.6) is 5.75 Å². The molecule has 0 heterocycles. The molecule has 20 heavy (non-hydrogen) atoms. The molecule has 102 valence electrons.